The summed E-state index contributed by atoms with van der Waals surface area (Å²) >= 11 is 0. The van der Waals surface area contributed by atoms with Crippen molar-refractivity contribution >= 4 is 11.6 Å². The number of nitrogens with one attached hydrogen (secondary N) is 2. The molecule has 0 spiro atoms. The Morgan fingerprint density at radius 3 is 2.50 bits per heavy atom. The monoisotopic (exact) mass is 276 g/mol. The normalized spacial score (nSPS) is 18.8. The minimum atomic E-state index is 0.507. The first kappa shape index (κ1) is 15.1. The van der Waals surface area contributed by atoms with Crippen molar-refractivity contribution in [3.63, 3.8) is 0 Å². The Labute approximate surface area is 122 Å². The van der Waals surface area contributed by atoms with Crippen molar-refractivity contribution in [3.05, 3.63) is 11.9 Å². The SMILES string of the molecule is CCCNc1ncnc(NC2CCC(C)(C)CC2)c1C. The molecular weight excluding hydrogens is 248 g/mol. The zero-order valence-electron chi connectivity index (χ0n) is 13.3. The van der Waals surface area contributed by atoms with E-state index in [2.05, 4.69) is 48.3 Å². The molecule has 0 atom stereocenters. The van der Waals surface area contributed by atoms with Crippen molar-refractivity contribution < 1.29 is 0 Å². The zero-order chi connectivity index (χ0) is 14.6. The average Bonchev–Trinajstić information content (AvgIpc) is 2.42. The third-order valence-electron chi connectivity index (χ3n) is 4.31. The first-order valence-corrected chi connectivity index (χ1v) is 7.84. The van der Waals surface area contributed by atoms with Crippen molar-refractivity contribution in [2.75, 3.05) is 17.2 Å². The standard InChI is InChI=1S/C16H28N4/c1-5-10-17-14-12(2)15(19-11-18-14)20-13-6-8-16(3,4)9-7-13/h11,13H,5-10H2,1-4H3,(H2,17,18,19,20). The third-order valence-corrected chi connectivity index (χ3v) is 4.31. The fourth-order valence-electron chi connectivity index (χ4n) is 2.75. The smallest absolute Gasteiger partial charge is 0.134 e. The summed E-state index contributed by atoms with van der Waals surface area (Å²) in [6.45, 7) is 9.94. The number of hydrogen-bond donors (Lipinski definition) is 2. The van der Waals surface area contributed by atoms with E-state index in [1.807, 2.05) is 0 Å². The topological polar surface area (TPSA) is 49.8 Å². The molecular formula is C16H28N4. The molecule has 112 valence electrons. The van der Waals surface area contributed by atoms with Crippen LogP contribution in [0.15, 0.2) is 6.33 Å². The number of anilines is 2. The first-order chi connectivity index (χ1) is 9.52. The Kier molecular flexibility index (Phi) is 4.84. The summed E-state index contributed by atoms with van der Waals surface area (Å²) in [4.78, 5) is 8.75. The summed E-state index contributed by atoms with van der Waals surface area (Å²) in [6.07, 6.45) is 7.79. The highest BCUT2D eigenvalue weighted by molar-refractivity contribution is 5.56. The Morgan fingerprint density at radius 2 is 1.85 bits per heavy atom. The fourth-order valence-corrected chi connectivity index (χ4v) is 2.75. The number of rotatable bonds is 5. The molecule has 0 unspecified atom stereocenters. The second-order valence-corrected chi connectivity index (χ2v) is 6.71. The van der Waals surface area contributed by atoms with Crippen LogP contribution >= 0.6 is 0 Å². The summed E-state index contributed by atoms with van der Waals surface area (Å²) in [5, 5.41) is 6.97. The van der Waals surface area contributed by atoms with E-state index in [0.717, 1.165) is 30.2 Å². The lowest BCUT2D eigenvalue weighted by Crippen LogP contribution is -2.30. The van der Waals surface area contributed by atoms with E-state index in [1.165, 1.54) is 25.7 Å². The van der Waals surface area contributed by atoms with Gasteiger partial charge in [-0.1, -0.05) is 20.8 Å². The summed E-state index contributed by atoms with van der Waals surface area (Å²) < 4.78 is 0. The van der Waals surface area contributed by atoms with Crippen LogP contribution in [0.25, 0.3) is 0 Å². The van der Waals surface area contributed by atoms with Crippen molar-refractivity contribution in [2.24, 2.45) is 5.41 Å². The fraction of sp³-hybridized carbons (Fsp3) is 0.750. The van der Waals surface area contributed by atoms with E-state index in [-0.39, 0.29) is 0 Å². The minimum absolute atomic E-state index is 0.507. The molecule has 1 heterocycles. The Morgan fingerprint density at radius 1 is 1.20 bits per heavy atom. The molecule has 20 heavy (non-hydrogen) atoms. The van der Waals surface area contributed by atoms with Crippen molar-refractivity contribution in [3.8, 4) is 0 Å². The van der Waals surface area contributed by atoms with E-state index in [1.54, 1.807) is 6.33 Å². The molecule has 1 saturated carbocycles. The molecule has 0 radical (unpaired) electrons. The summed E-state index contributed by atoms with van der Waals surface area (Å²) in [7, 11) is 0. The van der Waals surface area contributed by atoms with E-state index in [9.17, 15) is 0 Å². The number of nitrogens with zero attached hydrogens (tertiary/aromatic N) is 2. The van der Waals surface area contributed by atoms with Crippen LogP contribution in [0.5, 0.6) is 0 Å². The highest BCUT2D eigenvalue weighted by Crippen LogP contribution is 2.36. The molecule has 2 rings (SSSR count). The van der Waals surface area contributed by atoms with Crippen molar-refractivity contribution in [2.45, 2.75) is 65.8 Å². The van der Waals surface area contributed by atoms with Crippen LogP contribution in [0.1, 0.15) is 58.4 Å². The number of aromatic nitrogens is 2. The molecule has 2 N–H and O–H groups in total. The van der Waals surface area contributed by atoms with E-state index in [0.29, 0.717) is 11.5 Å². The first-order valence-electron chi connectivity index (χ1n) is 7.84. The highest BCUT2D eigenvalue weighted by Gasteiger charge is 2.27. The van der Waals surface area contributed by atoms with Gasteiger partial charge in [-0.3, -0.25) is 0 Å². The molecule has 0 aliphatic heterocycles. The molecule has 1 aliphatic rings. The van der Waals surface area contributed by atoms with Crippen LogP contribution in [0.2, 0.25) is 0 Å². The molecule has 1 fully saturated rings. The molecule has 0 aromatic carbocycles. The Bertz CT molecular complexity index is 432. The molecule has 0 amide bonds. The second-order valence-electron chi connectivity index (χ2n) is 6.71. The molecule has 1 aromatic rings. The lowest BCUT2D eigenvalue weighted by Gasteiger charge is -2.35. The van der Waals surface area contributed by atoms with Crippen LogP contribution in [0.3, 0.4) is 0 Å². The zero-order valence-corrected chi connectivity index (χ0v) is 13.3. The van der Waals surface area contributed by atoms with Crippen LogP contribution in [-0.2, 0) is 0 Å². The van der Waals surface area contributed by atoms with E-state index < -0.39 is 0 Å². The van der Waals surface area contributed by atoms with Gasteiger partial charge in [0.25, 0.3) is 0 Å². The molecule has 0 saturated heterocycles. The third kappa shape index (κ3) is 3.84. The van der Waals surface area contributed by atoms with Gasteiger partial charge in [-0.2, -0.15) is 0 Å². The van der Waals surface area contributed by atoms with Crippen LogP contribution in [-0.4, -0.2) is 22.6 Å². The van der Waals surface area contributed by atoms with Crippen molar-refractivity contribution in [1.29, 1.82) is 0 Å². The van der Waals surface area contributed by atoms with Gasteiger partial charge in [0.15, 0.2) is 0 Å². The molecule has 1 aliphatic carbocycles. The maximum Gasteiger partial charge on any atom is 0.134 e. The predicted octanol–water partition coefficient (Wildman–Crippen LogP) is 3.99. The maximum atomic E-state index is 4.42. The average molecular weight is 276 g/mol. The summed E-state index contributed by atoms with van der Waals surface area (Å²) in [6, 6.07) is 0.552. The minimum Gasteiger partial charge on any atom is -0.370 e. The van der Waals surface area contributed by atoms with Gasteiger partial charge >= 0.3 is 0 Å². The molecule has 1 aromatic heterocycles. The van der Waals surface area contributed by atoms with Gasteiger partial charge in [0.05, 0.1) is 0 Å². The second kappa shape index (κ2) is 6.42. The summed E-state index contributed by atoms with van der Waals surface area (Å²) in [5.74, 6) is 1.95. The van der Waals surface area contributed by atoms with Gasteiger partial charge in [0, 0.05) is 18.2 Å². The van der Waals surface area contributed by atoms with Crippen LogP contribution in [0, 0.1) is 12.3 Å². The summed E-state index contributed by atoms with van der Waals surface area (Å²) in [5.41, 5.74) is 1.64. The Balaban J connectivity index is 1.99. The van der Waals surface area contributed by atoms with Gasteiger partial charge < -0.3 is 10.6 Å². The lowest BCUT2D eigenvalue weighted by atomic mass is 9.75. The van der Waals surface area contributed by atoms with Gasteiger partial charge in [-0.15, -0.1) is 0 Å². The highest BCUT2D eigenvalue weighted by atomic mass is 15.1. The van der Waals surface area contributed by atoms with Crippen LogP contribution < -0.4 is 10.6 Å². The van der Waals surface area contributed by atoms with Crippen LogP contribution in [0.4, 0.5) is 11.6 Å². The lowest BCUT2D eigenvalue weighted by molar-refractivity contribution is 0.232. The quantitative estimate of drug-likeness (QED) is 0.854. The molecule has 4 nitrogen and oxygen atoms in total. The van der Waals surface area contributed by atoms with Gasteiger partial charge in [0.2, 0.25) is 0 Å². The van der Waals surface area contributed by atoms with Gasteiger partial charge in [-0.05, 0) is 44.4 Å². The maximum absolute atomic E-state index is 4.42. The number of hydrogen-bond acceptors (Lipinski definition) is 4. The predicted molar refractivity (Wildman–Crippen MR) is 85.2 cm³/mol. The van der Waals surface area contributed by atoms with E-state index >= 15 is 0 Å². The van der Waals surface area contributed by atoms with E-state index in [4.69, 9.17) is 0 Å². The largest absolute Gasteiger partial charge is 0.370 e. The van der Waals surface area contributed by atoms with Gasteiger partial charge in [0.1, 0.15) is 18.0 Å². The van der Waals surface area contributed by atoms with Gasteiger partial charge in [-0.25, -0.2) is 9.97 Å². The van der Waals surface area contributed by atoms with Crippen molar-refractivity contribution in [1.82, 2.24) is 9.97 Å². The molecule has 4 heteroatoms. The molecule has 0 bridgehead atoms. The Hall–Kier alpha value is -1.32.